The van der Waals surface area contributed by atoms with E-state index in [9.17, 15) is 14.0 Å². The van der Waals surface area contributed by atoms with E-state index in [1.165, 1.54) is 29.2 Å². The lowest BCUT2D eigenvalue weighted by molar-refractivity contribution is -0.116. The highest BCUT2D eigenvalue weighted by atomic mass is 19.1. The second kappa shape index (κ2) is 7.47. The van der Waals surface area contributed by atoms with Gasteiger partial charge in [0.25, 0.3) is 5.91 Å². The zero-order valence-electron chi connectivity index (χ0n) is 15.0. The van der Waals surface area contributed by atoms with Crippen molar-refractivity contribution in [1.29, 1.82) is 0 Å². The van der Waals surface area contributed by atoms with Gasteiger partial charge in [-0.05, 0) is 47.4 Å². The average molecular weight is 342 g/mol. The molecule has 0 fully saturated rings. The molecule has 25 heavy (non-hydrogen) atoms. The summed E-state index contributed by atoms with van der Waals surface area (Å²) >= 11 is 0. The van der Waals surface area contributed by atoms with E-state index in [-0.39, 0.29) is 29.6 Å². The Morgan fingerprint density at radius 1 is 1.00 bits per heavy atom. The van der Waals surface area contributed by atoms with Gasteiger partial charge in [0.2, 0.25) is 5.91 Å². The predicted octanol–water partition coefficient (Wildman–Crippen LogP) is 3.83. The Morgan fingerprint density at radius 3 is 2.08 bits per heavy atom. The average Bonchev–Trinajstić information content (AvgIpc) is 2.55. The van der Waals surface area contributed by atoms with Gasteiger partial charge in [-0.3, -0.25) is 9.59 Å². The number of anilines is 1. The molecule has 0 spiro atoms. The summed E-state index contributed by atoms with van der Waals surface area (Å²) in [5.74, 6) is -0.938. The van der Waals surface area contributed by atoms with E-state index in [1.54, 1.807) is 19.2 Å². The Balaban J connectivity index is 1.97. The largest absolute Gasteiger partial charge is 0.332 e. The topological polar surface area (TPSA) is 49.4 Å². The molecule has 0 bridgehead atoms. The van der Waals surface area contributed by atoms with Crippen molar-refractivity contribution < 1.29 is 14.0 Å². The zero-order chi connectivity index (χ0) is 18.6. The lowest BCUT2D eigenvalue weighted by Crippen LogP contribution is -2.35. The van der Waals surface area contributed by atoms with Crippen LogP contribution >= 0.6 is 0 Å². The number of benzene rings is 2. The maximum absolute atomic E-state index is 12.9. The molecule has 5 heteroatoms. The summed E-state index contributed by atoms with van der Waals surface area (Å²) in [5, 5.41) is 2.64. The predicted molar refractivity (Wildman–Crippen MR) is 97.1 cm³/mol. The van der Waals surface area contributed by atoms with E-state index >= 15 is 0 Å². The molecule has 2 aromatic carbocycles. The maximum Gasteiger partial charge on any atom is 0.254 e. The smallest absolute Gasteiger partial charge is 0.254 e. The van der Waals surface area contributed by atoms with Crippen LogP contribution in [0.15, 0.2) is 48.5 Å². The lowest BCUT2D eigenvalue weighted by Gasteiger charge is -2.20. The van der Waals surface area contributed by atoms with Crippen molar-refractivity contribution in [3.05, 3.63) is 65.5 Å². The minimum atomic E-state index is -0.371. The molecule has 2 aromatic rings. The Hall–Kier alpha value is -2.69. The summed E-state index contributed by atoms with van der Waals surface area (Å²) in [4.78, 5) is 25.8. The molecule has 0 radical (unpaired) electrons. The van der Waals surface area contributed by atoms with Crippen molar-refractivity contribution in [2.75, 3.05) is 18.9 Å². The van der Waals surface area contributed by atoms with Gasteiger partial charge in [0, 0.05) is 18.3 Å². The molecule has 0 aliphatic carbocycles. The number of carbonyl (C=O) groups is 2. The maximum atomic E-state index is 12.9. The number of carbonyl (C=O) groups excluding carboxylic acids is 2. The Bertz CT molecular complexity index is 747. The third-order valence-corrected chi connectivity index (χ3v) is 3.85. The molecule has 1 N–H and O–H groups in total. The van der Waals surface area contributed by atoms with Gasteiger partial charge in [0.15, 0.2) is 0 Å². The quantitative estimate of drug-likeness (QED) is 0.918. The number of likely N-dealkylation sites (N-methyl/N-ethyl adjacent to an activating group) is 1. The minimum absolute atomic E-state index is 0.0164. The van der Waals surface area contributed by atoms with Gasteiger partial charge in [-0.2, -0.15) is 0 Å². The van der Waals surface area contributed by atoms with Crippen molar-refractivity contribution in [2.24, 2.45) is 0 Å². The van der Waals surface area contributed by atoms with Crippen molar-refractivity contribution in [2.45, 2.75) is 26.2 Å². The van der Waals surface area contributed by atoms with Crippen LogP contribution in [0.3, 0.4) is 0 Å². The molecular weight excluding hydrogens is 319 g/mol. The van der Waals surface area contributed by atoms with Crippen molar-refractivity contribution in [3.8, 4) is 0 Å². The van der Waals surface area contributed by atoms with Gasteiger partial charge in [-0.25, -0.2) is 4.39 Å². The van der Waals surface area contributed by atoms with Gasteiger partial charge >= 0.3 is 0 Å². The molecule has 0 aromatic heterocycles. The Labute approximate surface area is 147 Å². The summed E-state index contributed by atoms with van der Waals surface area (Å²) in [6.07, 6.45) is 0. The van der Waals surface area contributed by atoms with Crippen LogP contribution in [0, 0.1) is 5.82 Å². The number of nitrogens with one attached hydrogen (secondary N) is 1. The molecule has 0 unspecified atom stereocenters. The second-order valence-electron chi connectivity index (χ2n) is 7.04. The number of amides is 2. The highest BCUT2D eigenvalue weighted by molar-refractivity contribution is 5.99. The fourth-order valence-corrected chi connectivity index (χ4v) is 2.35. The van der Waals surface area contributed by atoms with Crippen LogP contribution < -0.4 is 5.32 Å². The van der Waals surface area contributed by atoms with Gasteiger partial charge in [0.05, 0.1) is 6.54 Å². The van der Waals surface area contributed by atoms with Crippen molar-refractivity contribution >= 4 is 17.5 Å². The minimum Gasteiger partial charge on any atom is -0.332 e. The number of rotatable bonds is 4. The third kappa shape index (κ3) is 5.14. The molecule has 0 atom stereocenters. The molecule has 0 heterocycles. The summed E-state index contributed by atoms with van der Waals surface area (Å²) in [6, 6.07) is 12.9. The SMILES string of the molecule is CN(CC(=O)Nc1ccc(F)cc1)C(=O)c1ccc(C(C)(C)C)cc1. The summed E-state index contributed by atoms with van der Waals surface area (Å²) < 4.78 is 12.9. The second-order valence-corrected chi connectivity index (χ2v) is 7.04. The van der Waals surface area contributed by atoms with Crippen LogP contribution in [0.4, 0.5) is 10.1 Å². The standard InChI is InChI=1S/C20H23FN2O2/c1-20(2,3)15-7-5-14(6-8-15)19(25)23(4)13-18(24)22-17-11-9-16(21)10-12-17/h5-12H,13H2,1-4H3,(H,22,24). The van der Waals surface area contributed by atoms with E-state index in [0.717, 1.165) is 5.56 Å². The molecule has 0 saturated carbocycles. The molecule has 2 rings (SSSR count). The van der Waals surface area contributed by atoms with Gasteiger partial charge in [-0.15, -0.1) is 0 Å². The Kier molecular flexibility index (Phi) is 5.57. The van der Waals surface area contributed by atoms with Crippen LogP contribution in [0.25, 0.3) is 0 Å². The van der Waals surface area contributed by atoms with E-state index in [2.05, 4.69) is 26.1 Å². The normalized spacial score (nSPS) is 11.1. The van der Waals surface area contributed by atoms with Crippen LogP contribution in [-0.4, -0.2) is 30.3 Å². The van der Waals surface area contributed by atoms with Gasteiger partial charge in [0.1, 0.15) is 5.82 Å². The summed E-state index contributed by atoms with van der Waals surface area (Å²) in [7, 11) is 1.57. The van der Waals surface area contributed by atoms with E-state index < -0.39 is 0 Å². The number of halogens is 1. The molecule has 0 saturated heterocycles. The van der Waals surface area contributed by atoms with Crippen LogP contribution in [0.1, 0.15) is 36.7 Å². The zero-order valence-corrected chi connectivity index (χ0v) is 15.0. The summed E-state index contributed by atoms with van der Waals surface area (Å²) in [6.45, 7) is 6.23. The molecule has 4 nitrogen and oxygen atoms in total. The van der Waals surface area contributed by atoms with Crippen LogP contribution in [-0.2, 0) is 10.2 Å². The van der Waals surface area contributed by atoms with Crippen molar-refractivity contribution in [1.82, 2.24) is 4.90 Å². The highest BCUT2D eigenvalue weighted by Crippen LogP contribution is 2.22. The number of nitrogens with zero attached hydrogens (tertiary/aromatic N) is 1. The highest BCUT2D eigenvalue weighted by Gasteiger charge is 2.17. The fourth-order valence-electron chi connectivity index (χ4n) is 2.35. The Morgan fingerprint density at radius 2 is 1.56 bits per heavy atom. The number of hydrogen-bond donors (Lipinski definition) is 1. The fraction of sp³-hybridized carbons (Fsp3) is 0.300. The third-order valence-electron chi connectivity index (χ3n) is 3.85. The van der Waals surface area contributed by atoms with E-state index in [4.69, 9.17) is 0 Å². The molecular formula is C20H23FN2O2. The first-order valence-corrected chi connectivity index (χ1v) is 8.08. The van der Waals surface area contributed by atoms with E-state index in [0.29, 0.717) is 11.3 Å². The van der Waals surface area contributed by atoms with Crippen LogP contribution in [0.5, 0.6) is 0 Å². The molecule has 132 valence electrons. The van der Waals surface area contributed by atoms with Gasteiger partial charge < -0.3 is 10.2 Å². The van der Waals surface area contributed by atoms with Crippen molar-refractivity contribution in [3.63, 3.8) is 0 Å². The first-order chi connectivity index (χ1) is 11.7. The monoisotopic (exact) mass is 342 g/mol. The molecule has 2 amide bonds. The van der Waals surface area contributed by atoms with Crippen LogP contribution in [0.2, 0.25) is 0 Å². The summed E-state index contributed by atoms with van der Waals surface area (Å²) in [5.41, 5.74) is 2.18. The molecule has 0 aliphatic rings. The first-order valence-electron chi connectivity index (χ1n) is 8.08. The first kappa shape index (κ1) is 18.6. The lowest BCUT2D eigenvalue weighted by atomic mass is 9.86. The number of hydrogen-bond acceptors (Lipinski definition) is 2. The molecule has 0 aliphatic heterocycles. The van der Waals surface area contributed by atoms with E-state index in [1.807, 2.05) is 12.1 Å². The van der Waals surface area contributed by atoms with Gasteiger partial charge in [-0.1, -0.05) is 32.9 Å².